The van der Waals surface area contributed by atoms with Crippen molar-refractivity contribution in [1.82, 2.24) is 0 Å². The van der Waals surface area contributed by atoms with Gasteiger partial charge in [-0.1, -0.05) is 0 Å². The first-order chi connectivity index (χ1) is 2.00. The van der Waals surface area contributed by atoms with E-state index in [9.17, 15) is 0 Å². The average Bonchev–Trinajstić information content (AvgIpc) is 0.722. The molecule has 4 nitrogen and oxygen atoms in total. The van der Waals surface area contributed by atoms with Crippen LogP contribution in [0.25, 0.3) is 0 Å². The summed E-state index contributed by atoms with van der Waals surface area (Å²) in [6.07, 6.45) is 0. The van der Waals surface area contributed by atoms with E-state index in [4.69, 9.17) is 19.2 Å². The van der Waals surface area contributed by atoms with E-state index in [0.29, 0.717) is 0 Å². The second-order valence-corrected chi connectivity index (χ2v) is 1.54. The Balaban J connectivity index is -0.0000000800. The molecule has 0 heterocycles. The second kappa shape index (κ2) is 6.45. The predicted octanol–water partition coefficient (Wildman–Crippen LogP) is -1.58. The molecule has 7 heavy (non-hydrogen) atoms. The third-order valence-electron chi connectivity index (χ3n) is 0. The molecular formula is H4KO4PV. The maximum Gasteiger partial charge on any atom is 0 e. The van der Waals surface area contributed by atoms with Crippen LogP contribution in [0.5, 0.6) is 0 Å². The van der Waals surface area contributed by atoms with Gasteiger partial charge >= 0.3 is 59.2 Å². The van der Waals surface area contributed by atoms with Crippen LogP contribution in [-0.4, -0.2) is 66.1 Å². The van der Waals surface area contributed by atoms with Gasteiger partial charge in [0.15, 0.2) is 0 Å². The van der Waals surface area contributed by atoms with Crippen molar-refractivity contribution in [2.75, 3.05) is 0 Å². The number of hydrogen-bond acceptors (Lipinski definition) is 1. The number of rotatable bonds is 0. The van der Waals surface area contributed by atoms with E-state index in [-0.39, 0.29) is 69.9 Å². The van der Waals surface area contributed by atoms with Crippen molar-refractivity contribution in [3.8, 4) is 0 Å². The van der Waals surface area contributed by atoms with Crippen molar-refractivity contribution >= 4 is 59.2 Å². The molecule has 3 N–H and O–H groups in total. The summed E-state index contributed by atoms with van der Waals surface area (Å²) in [6.45, 7) is 0. The van der Waals surface area contributed by atoms with Crippen LogP contribution >= 0.6 is 7.82 Å². The van der Waals surface area contributed by atoms with Crippen LogP contribution in [0.15, 0.2) is 0 Å². The summed E-state index contributed by atoms with van der Waals surface area (Å²) in [5.74, 6) is 0. The molecule has 0 aromatic rings. The molecule has 0 aliphatic carbocycles. The maximum atomic E-state index is 8.88. The van der Waals surface area contributed by atoms with Crippen molar-refractivity contribution in [3.05, 3.63) is 0 Å². The zero-order valence-corrected chi connectivity index (χ0v) is 4.94. The summed E-state index contributed by atoms with van der Waals surface area (Å²) in [7, 11) is -4.64. The minimum absolute atomic E-state index is 0. The van der Waals surface area contributed by atoms with E-state index in [1.54, 1.807) is 0 Å². The van der Waals surface area contributed by atoms with E-state index in [0.717, 1.165) is 0 Å². The molecule has 0 amide bonds. The number of phosphoric acid groups is 1. The smallest absolute Gasteiger partial charge is 0 e. The summed E-state index contributed by atoms with van der Waals surface area (Å²) in [5, 5.41) is 0. The van der Waals surface area contributed by atoms with Crippen LogP contribution in [0.2, 0.25) is 0 Å². The minimum Gasteiger partial charge on any atom is 0 e. The van der Waals surface area contributed by atoms with Crippen LogP contribution in [0.4, 0.5) is 0 Å². The molecule has 0 rings (SSSR count). The Bertz CT molecular complexity index is 57.8. The normalized spacial score (nSPS) is 8.43. The van der Waals surface area contributed by atoms with Crippen LogP contribution in [0.3, 0.4) is 0 Å². The zero-order valence-electron chi connectivity index (χ0n) is 2.64. The second-order valence-electron chi connectivity index (χ2n) is 0.513. The van der Waals surface area contributed by atoms with Crippen molar-refractivity contribution in [3.63, 3.8) is 0 Å². The first kappa shape index (κ1) is 16.2. The van der Waals surface area contributed by atoms with Gasteiger partial charge in [-0.3, -0.25) is 0 Å². The molecule has 0 saturated heterocycles. The van der Waals surface area contributed by atoms with Gasteiger partial charge < -0.3 is 14.7 Å². The van der Waals surface area contributed by atoms with Gasteiger partial charge in [-0.15, -0.1) is 0 Å². The number of hydrogen-bond donors (Lipinski definition) is 3. The largest absolute Gasteiger partial charge is 0 e. The SMILES string of the molecule is O=P(O)(O)O.[KH].[V]. The molecule has 0 aromatic carbocycles. The van der Waals surface area contributed by atoms with Crippen molar-refractivity contribution < 1.29 is 37.8 Å². The Labute approximate surface area is 95.2 Å². The molecule has 0 aliphatic heterocycles. The van der Waals surface area contributed by atoms with Crippen LogP contribution in [0.1, 0.15) is 0 Å². The van der Waals surface area contributed by atoms with Gasteiger partial charge in [-0.2, -0.15) is 0 Å². The summed E-state index contributed by atoms with van der Waals surface area (Å²) in [4.78, 5) is 21.6. The third kappa shape index (κ3) is 61.5. The Morgan fingerprint density at radius 2 is 1.14 bits per heavy atom. The Morgan fingerprint density at radius 1 is 1.14 bits per heavy atom. The molecule has 1 radical (unpaired) electrons. The average molecular weight is 189 g/mol. The fourth-order valence-corrected chi connectivity index (χ4v) is 0. The molecule has 0 aromatic heterocycles. The quantitative estimate of drug-likeness (QED) is 0.317. The molecule has 0 atom stereocenters. The van der Waals surface area contributed by atoms with E-state index in [1.165, 1.54) is 0 Å². The topological polar surface area (TPSA) is 77.8 Å². The summed E-state index contributed by atoms with van der Waals surface area (Å²) in [6, 6.07) is 0. The van der Waals surface area contributed by atoms with Gasteiger partial charge in [0.1, 0.15) is 0 Å². The minimum atomic E-state index is -4.64. The Hall–Kier alpha value is 2.33. The summed E-state index contributed by atoms with van der Waals surface area (Å²) in [5.41, 5.74) is 0. The molecule has 0 unspecified atom stereocenters. The predicted molar refractivity (Wildman–Crippen MR) is 21.4 cm³/mol. The van der Waals surface area contributed by atoms with Crippen LogP contribution in [-0.2, 0) is 23.1 Å². The van der Waals surface area contributed by atoms with Gasteiger partial charge in [0.25, 0.3) is 0 Å². The van der Waals surface area contributed by atoms with Gasteiger partial charge in [0.2, 0.25) is 0 Å². The molecule has 0 aliphatic rings. The van der Waals surface area contributed by atoms with Crippen LogP contribution in [0, 0.1) is 0 Å². The monoisotopic (exact) mass is 189 g/mol. The fraction of sp³-hybridized carbons (Fsp3) is 0. The molecular weight excluding hydrogens is 185 g/mol. The summed E-state index contributed by atoms with van der Waals surface area (Å²) < 4.78 is 8.88. The molecule has 39 valence electrons. The zero-order chi connectivity index (χ0) is 4.50. The molecule has 0 spiro atoms. The van der Waals surface area contributed by atoms with E-state index in [1.807, 2.05) is 0 Å². The van der Waals surface area contributed by atoms with Gasteiger partial charge in [0, 0.05) is 18.6 Å². The van der Waals surface area contributed by atoms with Crippen molar-refractivity contribution in [2.45, 2.75) is 0 Å². The molecule has 0 fully saturated rings. The van der Waals surface area contributed by atoms with E-state index in [2.05, 4.69) is 0 Å². The first-order valence-electron chi connectivity index (χ1n) is 0.783. The Morgan fingerprint density at radius 3 is 1.14 bits per heavy atom. The summed E-state index contributed by atoms with van der Waals surface area (Å²) >= 11 is 0. The van der Waals surface area contributed by atoms with Crippen molar-refractivity contribution in [2.24, 2.45) is 0 Å². The Kier molecular flexibility index (Phi) is 14.9. The van der Waals surface area contributed by atoms with Crippen LogP contribution < -0.4 is 0 Å². The molecule has 0 saturated carbocycles. The standard InChI is InChI=1S/K.H3O4P.V.H/c;1-5(2,3)4;;/h;(H3,1,2,3,4);;. The maximum absolute atomic E-state index is 8.88. The van der Waals surface area contributed by atoms with Crippen molar-refractivity contribution in [1.29, 1.82) is 0 Å². The van der Waals surface area contributed by atoms with E-state index < -0.39 is 7.82 Å². The molecule has 7 heteroatoms. The first-order valence-corrected chi connectivity index (χ1v) is 2.35. The van der Waals surface area contributed by atoms with Gasteiger partial charge in [0.05, 0.1) is 0 Å². The van der Waals surface area contributed by atoms with Gasteiger partial charge in [-0.05, 0) is 0 Å². The molecule has 0 bridgehead atoms. The fourth-order valence-electron chi connectivity index (χ4n) is 0. The third-order valence-corrected chi connectivity index (χ3v) is 0. The van der Waals surface area contributed by atoms with Gasteiger partial charge in [-0.25, -0.2) is 4.57 Å². The van der Waals surface area contributed by atoms with E-state index >= 15 is 0 Å².